The molecular weight excluding hydrogens is 412 g/mol. The molecule has 10 heteroatoms. The van der Waals surface area contributed by atoms with Crippen molar-refractivity contribution in [3.05, 3.63) is 56.7 Å². The Labute approximate surface area is 153 Å². The Morgan fingerprint density at radius 1 is 1.36 bits per heavy atom. The summed E-state index contributed by atoms with van der Waals surface area (Å²) in [4.78, 5) is 14.2. The van der Waals surface area contributed by atoms with Crippen LogP contribution in [0, 0.1) is 10.1 Å². The number of nitrogens with zero attached hydrogens (tertiary/aromatic N) is 3. The van der Waals surface area contributed by atoms with Crippen molar-refractivity contribution in [3.63, 3.8) is 0 Å². The third kappa shape index (κ3) is 3.90. The number of benzene rings is 1. The van der Waals surface area contributed by atoms with Crippen LogP contribution in [-0.4, -0.2) is 30.6 Å². The second-order valence-electron chi connectivity index (χ2n) is 5.55. The highest BCUT2D eigenvalue weighted by Crippen LogP contribution is 2.27. The van der Waals surface area contributed by atoms with Gasteiger partial charge in [-0.2, -0.15) is 0 Å². The fraction of sp³-hybridized carbons (Fsp3) is 0.267. The molecule has 1 aliphatic heterocycles. The summed E-state index contributed by atoms with van der Waals surface area (Å²) in [6.45, 7) is 0.903. The van der Waals surface area contributed by atoms with E-state index in [4.69, 9.17) is 0 Å². The fourth-order valence-corrected chi connectivity index (χ4v) is 4.63. The highest BCUT2D eigenvalue weighted by atomic mass is 79.9. The number of sulfonamides is 1. The van der Waals surface area contributed by atoms with Crippen LogP contribution in [0.1, 0.15) is 12.0 Å². The zero-order valence-corrected chi connectivity index (χ0v) is 15.5. The lowest BCUT2D eigenvalue weighted by Crippen LogP contribution is -2.25. The summed E-state index contributed by atoms with van der Waals surface area (Å²) in [5.74, 6) is 0.652. The zero-order chi connectivity index (χ0) is 18.0. The molecule has 1 N–H and O–H groups in total. The molecule has 0 amide bonds. The third-order valence-corrected chi connectivity index (χ3v) is 6.27. The molecule has 0 spiro atoms. The molecule has 8 nitrogen and oxygen atoms in total. The van der Waals surface area contributed by atoms with Crippen molar-refractivity contribution in [2.75, 3.05) is 21.9 Å². The van der Waals surface area contributed by atoms with Crippen LogP contribution in [0.4, 0.5) is 17.2 Å². The van der Waals surface area contributed by atoms with Gasteiger partial charge in [-0.1, -0.05) is 12.1 Å². The van der Waals surface area contributed by atoms with Crippen molar-refractivity contribution in [2.45, 2.75) is 13.0 Å². The van der Waals surface area contributed by atoms with Gasteiger partial charge >= 0.3 is 0 Å². The molecule has 0 saturated carbocycles. The van der Waals surface area contributed by atoms with E-state index in [2.05, 4.69) is 26.2 Å². The van der Waals surface area contributed by atoms with Crippen LogP contribution >= 0.6 is 15.9 Å². The highest BCUT2D eigenvalue weighted by molar-refractivity contribution is 9.10. The van der Waals surface area contributed by atoms with E-state index < -0.39 is 14.9 Å². The van der Waals surface area contributed by atoms with E-state index in [-0.39, 0.29) is 11.4 Å². The number of nitro groups is 1. The number of anilines is 2. The molecule has 2 heterocycles. The SMILES string of the molecule is O=[N+]([O-])c1cnc(NCc2cccc(N3CCCS3(=O)=O)c2)c(Br)c1. The highest BCUT2D eigenvalue weighted by Gasteiger charge is 2.28. The quantitative estimate of drug-likeness (QED) is 0.581. The molecule has 1 aromatic carbocycles. The first-order chi connectivity index (χ1) is 11.9. The van der Waals surface area contributed by atoms with Gasteiger partial charge in [0, 0.05) is 19.2 Å². The Bertz CT molecular complexity index is 919. The van der Waals surface area contributed by atoms with E-state index in [1.165, 1.54) is 16.6 Å². The average Bonchev–Trinajstić information content (AvgIpc) is 2.93. The number of nitrogens with one attached hydrogen (secondary N) is 1. The first-order valence-corrected chi connectivity index (χ1v) is 9.90. The Balaban J connectivity index is 1.74. The first kappa shape index (κ1) is 17.6. The lowest BCUT2D eigenvalue weighted by Gasteiger charge is -2.18. The van der Waals surface area contributed by atoms with Crippen molar-refractivity contribution in [2.24, 2.45) is 0 Å². The number of rotatable bonds is 5. The van der Waals surface area contributed by atoms with Crippen LogP contribution in [0.15, 0.2) is 41.0 Å². The Morgan fingerprint density at radius 3 is 2.80 bits per heavy atom. The molecule has 0 bridgehead atoms. The Hall–Kier alpha value is -2.20. The van der Waals surface area contributed by atoms with Gasteiger partial charge in [-0.05, 0) is 40.0 Å². The van der Waals surface area contributed by atoms with Crippen LogP contribution in [0.25, 0.3) is 0 Å². The maximum absolute atomic E-state index is 12.0. The largest absolute Gasteiger partial charge is 0.365 e. The summed E-state index contributed by atoms with van der Waals surface area (Å²) in [6, 6.07) is 8.64. The van der Waals surface area contributed by atoms with Gasteiger partial charge < -0.3 is 5.32 Å². The molecular formula is C15H15BrN4O4S. The molecule has 0 unspecified atom stereocenters. The van der Waals surface area contributed by atoms with Crippen molar-refractivity contribution < 1.29 is 13.3 Å². The van der Waals surface area contributed by atoms with Gasteiger partial charge in [0.25, 0.3) is 5.69 Å². The topological polar surface area (TPSA) is 105 Å². The van der Waals surface area contributed by atoms with Gasteiger partial charge in [0.05, 0.1) is 20.8 Å². The third-order valence-electron chi connectivity index (χ3n) is 3.80. The van der Waals surface area contributed by atoms with Crippen LogP contribution in [0.3, 0.4) is 0 Å². The van der Waals surface area contributed by atoms with Gasteiger partial charge in [-0.15, -0.1) is 0 Å². The Morgan fingerprint density at radius 2 is 2.16 bits per heavy atom. The molecule has 1 saturated heterocycles. The molecule has 3 rings (SSSR count). The molecule has 0 atom stereocenters. The molecule has 0 radical (unpaired) electrons. The molecule has 1 aromatic heterocycles. The van der Waals surface area contributed by atoms with E-state index in [1.54, 1.807) is 12.1 Å². The van der Waals surface area contributed by atoms with Crippen molar-refractivity contribution in [1.82, 2.24) is 4.98 Å². The van der Waals surface area contributed by atoms with Crippen molar-refractivity contribution in [3.8, 4) is 0 Å². The summed E-state index contributed by atoms with van der Waals surface area (Å²) in [5, 5.41) is 13.8. The van der Waals surface area contributed by atoms with Crippen molar-refractivity contribution >= 4 is 43.1 Å². The smallest absolute Gasteiger partial charge is 0.288 e. The molecule has 1 aliphatic rings. The normalized spacial score (nSPS) is 16.0. The second kappa shape index (κ2) is 6.96. The predicted octanol–water partition coefficient (Wildman–Crippen LogP) is 2.90. The van der Waals surface area contributed by atoms with E-state index >= 15 is 0 Å². The van der Waals surface area contributed by atoms with E-state index in [0.29, 0.717) is 35.5 Å². The molecule has 132 valence electrons. The van der Waals surface area contributed by atoms with Gasteiger partial charge in [0.2, 0.25) is 10.0 Å². The minimum atomic E-state index is -3.21. The number of halogens is 1. The monoisotopic (exact) mass is 426 g/mol. The number of aromatic nitrogens is 1. The summed E-state index contributed by atoms with van der Waals surface area (Å²) in [6.07, 6.45) is 1.81. The average molecular weight is 427 g/mol. The molecule has 1 fully saturated rings. The van der Waals surface area contributed by atoms with E-state index in [1.807, 2.05) is 12.1 Å². The van der Waals surface area contributed by atoms with Crippen LogP contribution < -0.4 is 9.62 Å². The summed E-state index contributed by atoms with van der Waals surface area (Å²) >= 11 is 3.26. The standard InChI is InChI=1S/C15H15BrN4O4S/c16-14-8-13(20(21)22)10-18-15(14)17-9-11-3-1-4-12(7-11)19-5-2-6-25(19,23)24/h1,3-4,7-8,10H,2,5-6,9H2,(H,17,18). The number of pyridine rings is 1. The minimum Gasteiger partial charge on any atom is -0.365 e. The van der Waals surface area contributed by atoms with Crippen LogP contribution in [0.2, 0.25) is 0 Å². The predicted molar refractivity (Wildman–Crippen MR) is 98.1 cm³/mol. The van der Waals surface area contributed by atoms with Gasteiger partial charge in [-0.25, -0.2) is 13.4 Å². The Kier molecular flexibility index (Phi) is 4.91. The second-order valence-corrected chi connectivity index (χ2v) is 8.41. The summed E-state index contributed by atoms with van der Waals surface area (Å²) in [5.41, 5.74) is 1.43. The van der Waals surface area contributed by atoms with Crippen LogP contribution in [0.5, 0.6) is 0 Å². The van der Waals surface area contributed by atoms with Gasteiger partial charge in [-0.3, -0.25) is 14.4 Å². The first-order valence-electron chi connectivity index (χ1n) is 7.50. The maximum atomic E-state index is 12.0. The van der Waals surface area contributed by atoms with Crippen molar-refractivity contribution in [1.29, 1.82) is 0 Å². The van der Waals surface area contributed by atoms with E-state index in [9.17, 15) is 18.5 Å². The fourth-order valence-electron chi connectivity index (χ4n) is 2.59. The maximum Gasteiger partial charge on any atom is 0.288 e. The number of hydrogen-bond acceptors (Lipinski definition) is 6. The molecule has 25 heavy (non-hydrogen) atoms. The van der Waals surface area contributed by atoms with Crippen LogP contribution in [-0.2, 0) is 16.6 Å². The molecule has 2 aromatic rings. The number of hydrogen-bond donors (Lipinski definition) is 1. The van der Waals surface area contributed by atoms with Gasteiger partial charge in [0.15, 0.2) is 0 Å². The molecule has 0 aliphatic carbocycles. The minimum absolute atomic E-state index is 0.0985. The zero-order valence-electron chi connectivity index (χ0n) is 13.1. The van der Waals surface area contributed by atoms with Gasteiger partial charge in [0.1, 0.15) is 12.0 Å². The summed E-state index contributed by atoms with van der Waals surface area (Å²) in [7, 11) is -3.21. The lowest BCUT2D eigenvalue weighted by molar-refractivity contribution is -0.385. The summed E-state index contributed by atoms with van der Waals surface area (Å²) < 4.78 is 26.0. The van der Waals surface area contributed by atoms with E-state index in [0.717, 1.165) is 5.56 Å². The lowest BCUT2D eigenvalue weighted by atomic mass is 10.2.